The molecular formula is C26H41N5O5. The van der Waals surface area contributed by atoms with E-state index < -0.39 is 23.8 Å². The molecule has 0 aliphatic heterocycles. The highest BCUT2D eigenvalue weighted by Crippen LogP contribution is 2.27. The van der Waals surface area contributed by atoms with Crippen molar-refractivity contribution in [1.29, 1.82) is 0 Å². The molecule has 2 atom stereocenters. The molecule has 0 spiro atoms. The van der Waals surface area contributed by atoms with Gasteiger partial charge in [-0.2, -0.15) is 0 Å². The monoisotopic (exact) mass is 503 g/mol. The van der Waals surface area contributed by atoms with Crippen LogP contribution in [0.5, 0.6) is 0 Å². The second kappa shape index (κ2) is 17.1. The smallest absolute Gasteiger partial charge is 0.315 e. The van der Waals surface area contributed by atoms with Crippen LogP contribution < -0.4 is 21.3 Å². The molecule has 5 amide bonds. The zero-order valence-corrected chi connectivity index (χ0v) is 21.6. The molecule has 0 aromatic carbocycles. The quantitative estimate of drug-likeness (QED) is 0.115. The molecule has 200 valence electrons. The summed E-state index contributed by atoms with van der Waals surface area (Å²) in [6, 6.07) is -1.94. The van der Waals surface area contributed by atoms with Crippen LogP contribution in [0.15, 0.2) is 12.7 Å². The van der Waals surface area contributed by atoms with E-state index in [1.165, 1.54) is 13.1 Å². The fraction of sp³-hybridized carbons (Fsp3) is 0.654. The third-order valence-electron chi connectivity index (χ3n) is 6.28. The fourth-order valence-corrected chi connectivity index (χ4v) is 4.22. The molecule has 4 N–H and O–H groups in total. The lowest BCUT2D eigenvalue weighted by molar-refractivity contribution is -0.140. The molecule has 1 rings (SSSR count). The maximum Gasteiger partial charge on any atom is 0.315 e. The van der Waals surface area contributed by atoms with Crippen LogP contribution in [0.4, 0.5) is 4.79 Å². The Labute approximate surface area is 214 Å². The summed E-state index contributed by atoms with van der Waals surface area (Å²) < 4.78 is 0. The highest BCUT2D eigenvalue weighted by atomic mass is 16.2. The molecule has 1 fully saturated rings. The molecule has 0 saturated heterocycles. The fourth-order valence-electron chi connectivity index (χ4n) is 4.22. The largest absolute Gasteiger partial charge is 0.346 e. The van der Waals surface area contributed by atoms with Gasteiger partial charge in [-0.15, -0.1) is 18.9 Å². The van der Waals surface area contributed by atoms with Crippen LogP contribution in [-0.4, -0.2) is 73.7 Å². The first-order valence-electron chi connectivity index (χ1n) is 12.6. The molecule has 0 aromatic heterocycles. The van der Waals surface area contributed by atoms with Gasteiger partial charge in [-0.25, -0.2) is 4.79 Å². The summed E-state index contributed by atoms with van der Waals surface area (Å²) in [4.78, 5) is 63.3. The normalized spacial score (nSPS) is 14.9. The number of terminal acetylenes is 1. The zero-order valence-electron chi connectivity index (χ0n) is 21.6. The average molecular weight is 504 g/mol. The molecule has 0 radical (unpaired) electrons. The standard InChI is InChI=1S/C26H41N5O5/c1-5-7-15-20(23(33)24(34)28-17-6-2)29-21(32)16-11-12-18-31(4)25(35)22(30-26(36)27-3)19-13-9-8-10-14-19/h1,6,19-20,22H,2,7-18H2,3-4H3,(H,28,34)(H,29,32)(H2,27,30,36). The second-order valence-corrected chi connectivity index (χ2v) is 9.04. The van der Waals surface area contributed by atoms with Gasteiger partial charge in [0.2, 0.25) is 17.6 Å². The Morgan fingerprint density at radius 3 is 2.42 bits per heavy atom. The third kappa shape index (κ3) is 10.9. The van der Waals surface area contributed by atoms with E-state index in [-0.39, 0.29) is 49.6 Å². The molecule has 0 heterocycles. The minimum absolute atomic E-state index is 0.109. The number of rotatable bonds is 15. The number of urea groups is 1. The number of carbonyl (C=O) groups is 5. The summed E-state index contributed by atoms with van der Waals surface area (Å²) in [5, 5.41) is 10.3. The van der Waals surface area contributed by atoms with Crippen molar-refractivity contribution in [3.8, 4) is 12.3 Å². The molecule has 1 aliphatic rings. The molecule has 0 aromatic rings. The Bertz CT molecular complexity index is 816. The number of Topliss-reactive ketones (excluding diaryl/α,β-unsaturated/α-hetero) is 1. The molecule has 1 saturated carbocycles. The summed E-state index contributed by atoms with van der Waals surface area (Å²) in [6.45, 7) is 4.05. The lowest BCUT2D eigenvalue weighted by Crippen LogP contribution is -2.53. The number of amides is 5. The molecule has 36 heavy (non-hydrogen) atoms. The number of nitrogens with one attached hydrogen (secondary N) is 4. The van der Waals surface area contributed by atoms with Gasteiger partial charge in [0.15, 0.2) is 0 Å². The van der Waals surface area contributed by atoms with Crippen molar-refractivity contribution in [1.82, 2.24) is 26.2 Å². The van der Waals surface area contributed by atoms with Gasteiger partial charge in [0, 0.05) is 40.0 Å². The summed E-state index contributed by atoms with van der Waals surface area (Å²) in [5.41, 5.74) is 0. The first-order valence-corrected chi connectivity index (χ1v) is 12.6. The first-order chi connectivity index (χ1) is 17.2. The van der Waals surface area contributed by atoms with Crippen LogP contribution in [0.2, 0.25) is 0 Å². The van der Waals surface area contributed by atoms with Crippen LogP contribution in [0.3, 0.4) is 0 Å². The van der Waals surface area contributed by atoms with Crippen molar-refractivity contribution in [2.45, 2.75) is 76.3 Å². The van der Waals surface area contributed by atoms with E-state index in [2.05, 4.69) is 33.8 Å². The third-order valence-corrected chi connectivity index (χ3v) is 6.28. The Kier molecular flexibility index (Phi) is 14.6. The number of hydrogen-bond donors (Lipinski definition) is 4. The van der Waals surface area contributed by atoms with E-state index in [1.54, 1.807) is 11.9 Å². The molecular weight excluding hydrogens is 462 g/mol. The van der Waals surface area contributed by atoms with E-state index in [1.807, 2.05) is 0 Å². The Morgan fingerprint density at radius 1 is 1.11 bits per heavy atom. The summed E-state index contributed by atoms with van der Waals surface area (Å²) in [5.74, 6) is 0.477. The predicted molar refractivity (Wildman–Crippen MR) is 138 cm³/mol. The minimum Gasteiger partial charge on any atom is -0.346 e. The van der Waals surface area contributed by atoms with E-state index in [4.69, 9.17) is 6.42 Å². The molecule has 1 aliphatic carbocycles. The van der Waals surface area contributed by atoms with E-state index >= 15 is 0 Å². The number of carbonyl (C=O) groups excluding carboxylic acids is 5. The molecule has 2 unspecified atom stereocenters. The Morgan fingerprint density at radius 2 is 1.81 bits per heavy atom. The Balaban J connectivity index is 2.56. The lowest BCUT2D eigenvalue weighted by atomic mass is 9.83. The van der Waals surface area contributed by atoms with E-state index in [0.29, 0.717) is 19.4 Å². The summed E-state index contributed by atoms with van der Waals surface area (Å²) >= 11 is 0. The number of unbranched alkanes of at least 4 members (excludes halogenated alkanes) is 1. The van der Waals surface area contributed by atoms with Crippen LogP contribution in [-0.2, 0) is 19.2 Å². The van der Waals surface area contributed by atoms with Crippen molar-refractivity contribution >= 4 is 29.5 Å². The average Bonchev–Trinajstić information content (AvgIpc) is 2.89. The maximum absolute atomic E-state index is 13.1. The van der Waals surface area contributed by atoms with Crippen LogP contribution >= 0.6 is 0 Å². The maximum atomic E-state index is 13.1. The minimum atomic E-state index is -0.991. The summed E-state index contributed by atoms with van der Waals surface area (Å²) in [7, 11) is 3.21. The van der Waals surface area contributed by atoms with Gasteiger partial charge in [0.05, 0.1) is 6.04 Å². The highest BCUT2D eigenvalue weighted by molar-refractivity contribution is 6.38. The van der Waals surface area contributed by atoms with Crippen molar-refractivity contribution in [2.24, 2.45) is 5.92 Å². The number of ketones is 1. The van der Waals surface area contributed by atoms with E-state index in [9.17, 15) is 24.0 Å². The Hall–Kier alpha value is -3.35. The first kappa shape index (κ1) is 30.7. The number of hydrogen-bond acceptors (Lipinski definition) is 5. The second-order valence-electron chi connectivity index (χ2n) is 9.04. The zero-order chi connectivity index (χ0) is 26.9. The van der Waals surface area contributed by atoms with Gasteiger partial charge in [-0.3, -0.25) is 19.2 Å². The predicted octanol–water partition coefficient (Wildman–Crippen LogP) is 1.26. The van der Waals surface area contributed by atoms with Crippen molar-refractivity contribution in [2.75, 3.05) is 27.2 Å². The van der Waals surface area contributed by atoms with Crippen molar-refractivity contribution < 1.29 is 24.0 Å². The topological polar surface area (TPSA) is 137 Å². The van der Waals surface area contributed by atoms with Gasteiger partial charge >= 0.3 is 6.03 Å². The van der Waals surface area contributed by atoms with Gasteiger partial charge in [-0.1, -0.05) is 25.3 Å². The molecule has 10 nitrogen and oxygen atoms in total. The highest BCUT2D eigenvalue weighted by Gasteiger charge is 2.32. The SMILES string of the molecule is C#CCCC(NC(=O)CCCCN(C)C(=O)C(NC(=O)NC)C1CCCCC1)C(=O)C(=O)NCC=C. The van der Waals surface area contributed by atoms with Crippen LogP contribution in [0.1, 0.15) is 64.2 Å². The lowest BCUT2D eigenvalue weighted by Gasteiger charge is -2.32. The summed E-state index contributed by atoms with van der Waals surface area (Å²) in [6.07, 6.45) is 13.4. The van der Waals surface area contributed by atoms with Gasteiger partial charge in [-0.05, 0) is 38.0 Å². The van der Waals surface area contributed by atoms with Gasteiger partial charge in [0.1, 0.15) is 6.04 Å². The van der Waals surface area contributed by atoms with Crippen molar-refractivity contribution in [3.05, 3.63) is 12.7 Å². The van der Waals surface area contributed by atoms with Gasteiger partial charge in [0.25, 0.3) is 5.91 Å². The van der Waals surface area contributed by atoms with Gasteiger partial charge < -0.3 is 26.2 Å². The van der Waals surface area contributed by atoms with E-state index in [0.717, 1.165) is 32.1 Å². The molecule has 0 bridgehead atoms. The number of nitrogens with zero attached hydrogens (tertiary/aromatic N) is 1. The molecule has 10 heteroatoms. The van der Waals surface area contributed by atoms with Crippen LogP contribution in [0, 0.1) is 18.3 Å². The number of likely N-dealkylation sites (N-methyl/N-ethyl adjacent to an activating group) is 1. The van der Waals surface area contributed by atoms with Crippen LogP contribution in [0.25, 0.3) is 0 Å². The van der Waals surface area contributed by atoms with Crippen molar-refractivity contribution in [3.63, 3.8) is 0 Å².